The second kappa shape index (κ2) is 6.57. The molecule has 112 valence electrons. The van der Waals surface area contributed by atoms with Gasteiger partial charge in [-0.3, -0.25) is 0 Å². The van der Waals surface area contributed by atoms with Gasteiger partial charge >= 0.3 is 0 Å². The van der Waals surface area contributed by atoms with Crippen LogP contribution in [0.15, 0.2) is 12.1 Å². The SMILES string of the molecule is Cc1cc(N(C)C2CCCCCC2)c(C(C)O)cc1F. The van der Waals surface area contributed by atoms with Gasteiger partial charge in [0.05, 0.1) is 6.10 Å². The molecule has 2 rings (SSSR count). The van der Waals surface area contributed by atoms with Crippen molar-refractivity contribution in [2.75, 3.05) is 11.9 Å². The van der Waals surface area contributed by atoms with Gasteiger partial charge in [0, 0.05) is 24.3 Å². The Labute approximate surface area is 121 Å². The third kappa shape index (κ3) is 3.32. The van der Waals surface area contributed by atoms with Crippen molar-refractivity contribution in [1.29, 1.82) is 0 Å². The standard InChI is InChI=1S/C17H26FNO/c1-12-10-17(15(13(2)20)11-16(12)18)19(3)14-8-6-4-5-7-9-14/h10-11,13-14,20H,4-9H2,1-3H3. The predicted octanol–water partition coefficient (Wildman–Crippen LogP) is 4.35. The minimum Gasteiger partial charge on any atom is -0.389 e. The van der Waals surface area contributed by atoms with Gasteiger partial charge in [0.1, 0.15) is 5.82 Å². The lowest BCUT2D eigenvalue weighted by molar-refractivity contribution is 0.199. The molecule has 20 heavy (non-hydrogen) atoms. The first-order chi connectivity index (χ1) is 9.50. The predicted molar refractivity (Wildman–Crippen MR) is 81.7 cm³/mol. The second-order valence-corrected chi connectivity index (χ2v) is 6.09. The van der Waals surface area contributed by atoms with Gasteiger partial charge < -0.3 is 10.0 Å². The van der Waals surface area contributed by atoms with E-state index in [-0.39, 0.29) is 5.82 Å². The van der Waals surface area contributed by atoms with Crippen molar-refractivity contribution in [3.8, 4) is 0 Å². The maximum atomic E-state index is 13.8. The molecule has 1 aliphatic rings. The molecule has 1 aromatic carbocycles. The van der Waals surface area contributed by atoms with Gasteiger partial charge in [-0.15, -0.1) is 0 Å². The molecule has 0 heterocycles. The Morgan fingerprint density at radius 3 is 2.35 bits per heavy atom. The van der Waals surface area contributed by atoms with E-state index in [1.807, 2.05) is 6.07 Å². The molecule has 3 heteroatoms. The van der Waals surface area contributed by atoms with Crippen molar-refractivity contribution in [1.82, 2.24) is 0 Å². The summed E-state index contributed by atoms with van der Waals surface area (Å²) in [5.74, 6) is -0.237. The number of benzene rings is 1. The zero-order chi connectivity index (χ0) is 14.7. The maximum absolute atomic E-state index is 13.8. The minimum atomic E-state index is -0.645. The van der Waals surface area contributed by atoms with Gasteiger partial charge in [-0.05, 0) is 44.4 Å². The summed E-state index contributed by atoms with van der Waals surface area (Å²) in [6.07, 6.45) is 6.89. The monoisotopic (exact) mass is 279 g/mol. The molecule has 1 aliphatic carbocycles. The Hall–Kier alpha value is -1.09. The average molecular weight is 279 g/mol. The highest BCUT2D eigenvalue weighted by Gasteiger charge is 2.21. The molecule has 0 spiro atoms. The van der Waals surface area contributed by atoms with Crippen LogP contribution in [0.1, 0.15) is 62.7 Å². The molecule has 0 saturated heterocycles. The number of aryl methyl sites for hydroxylation is 1. The first-order valence-corrected chi connectivity index (χ1v) is 7.71. The number of halogens is 1. The van der Waals surface area contributed by atoms with E-state index in [9.17, 15) is 9.50 Å². The van der Waals surface area contributed by atoms with Crippen molar-refractivity contribution in [3.63, 3.8) is 0 Å². The topological polar surface area (TPSA) is 23.5 Å². The van der Waals surface area contributed by atoms with Crippen LogP contribution in [0, 0.1) is 12.7 Å². The van der Waals surface area contributed by atoms with Crippen molar-refractivity contribution in [2.24, 2.45) is 0 Å². The minimum absolute atomic E-state index is 0.237. The van der Waals surface area contributed by atoms with E-state index in [0.29, 0.717) is 17.2 Å². The summed E-state index contributed by atoms with van der Waals surface area (Å²) in [7, 11) is 2.08. The van der Waals surface area contributed by atoms with Crippen LogP contribution in [0.5, 0.6) is 0 Å². The van der Waals surface area contributed by atoms with Crippen molar-refractivity contribution in [2.45, 2.75) is 64.5 Å². The highest BCUT2D eigenvalue weighted by Crippen LogP contribution is 2.32. The number of anilines is 1. The Balaban J connectivity index is 2.31. The largest absolute Gasteiger partial charge is 0.389 e. The number of hydrogen-bond donors (Lipinski definition) is 1. The molecule has 0 radical (unpaired) electrons. The van der Waals surface area contributed by atoms with Gasteiger partial charge in [0.15, 0.2) is 0 Å². The number of rotatable bonds is 3. The summed E-state index contributed by atoms with van der Waals surface area (Å²) in [4.78, 5) is 2.25. The highest BCUT2D eigenvalue weighted by atomic mass is 19.1. The Morgan fingerprint density at radius 2 is 1.80 bits per heavy atom. The maximum Gasteiger partial charge on any atom is 0.126 e. The molecular weight excluding hydrogens is 253 g/mol. The first kappa shape index (κ1) is 15.3. The lowest BCUT2D eigenvalue weighted by atomic mass is 10.0. The molecule has 2 nitrogen and oxygen atoms in total. The number of aliphatic hydroxyl groups is 1. The zero-order valence-electron chi connectivity index (χ0n) is 12.8. The van der Waals surface area contributed by atoms with Gasteiger partial charge in [0.2, 0.25) is 0 Å². The molecule has 1 fully saturated rings. The molecule has 1 N–H and O–H groups in total. The summed E-state index contributed by atoms with van der Waals surface area (Å²) in [6, 6.07) is 3.87. The molecule has 1 unspecified atom stereocenters. The average Bonchev–Trinajstić information content (AvgIpc) is 2.69. The van der Waals surface area contributed by atoms with Gasteiger partial charge in [-0.2, -0.15) is 0 Å². The summed E-state index contributed by atoms with van der Waals surface area (Å²) >= 11 is 0. The molecule has 1 saturated carbocycles. The van der Waals surface area contributed by atoms with Crippen molar-refractivity contribution >= 4 is 5.69 Å². The lowest BCUT2D eigenvalue weighted by Gasteiger charge is -2.32. The summed E-state index contributed by atoms with van der Waals surface area (Å²) in [5, 5.41) is 9.93. The summed E-state index contributed by atoms with van der Waals surface area (Å²) < 4.78 is 13.8. The molecule has 0 aromatic heterocycles. The lowest BCUT2D eigenvalue weighted by Crippen LogP contribution is -2.32. The fraction of sp³-hybridized carbons (Fsp3) is 0.647. The van der Waals surface area contributed by atoms with Crippen LogP contribution in [-0.4, -0.2) is 18.2 Å². The van der Waals surface area contributed by atoms with Crippen LogP contribution >= 0.6 is 0 Å². The Kier molecular flexibility index (Phi) is 5.03. The van der Waals surface area contributed by atoms with Crippen LogP contribution in [0.4, 0.5) is 10.1 Å². The Bertz CT molecular complexity index is 451. The van der Waals surface area contributed by atoms with Crippen molar-refractivity contribution < 1.29 is 9.50 Å². The van der Waals surface area contributed by atoms with Gasteiger partial charge in [-0.1, -0.05) is 25.7 Å². The summed E-state index contributed by atoms with van der Waals surface area (Å²) in [6.45, 7) is 3.49. The van der Waals surface area contributed by atoms with E-state index in [4.69, 9.17) is 0 Å². The quantitative estimate of drug-likeness (QED) is 0.832. The molecule has 0 amide bonds. The van der Waals surface area contributed by atoms with Crippen LogP contribution in [-0.2, 0) is 0 Å². The van der Waals surface area contributed by atoms with E-state index < -0.39 is 6.10 Å². The smallest absolute Gasteiger partial charge is 0.126 e. The van der Waals surface area contributed by atoms with E-state index in [1.54, 1.807) is 13.8 Å². The van der Waals surface area contributed by atoms with Crippen LogP contribution in [0.3, 0.4) is 0 Å². The van der Waals surface area contributed by atoms with Crippen LogP contribution < -0.4 is 4.90 Å². The van der Waals surface area contributed by atoms with E-state index >= 15 is 0 Å². The molecule has 0 aliphatic heterocycles. The van der Waals surface area contributed by atoms with Gasteiger partial charge in [-0.25, -0.2) is 4.39 Å². The number of hydrogen-bond acceptors (Lipinski definition) is 2. The van der Waals surface area contributed by atoms with Crippen LogP contribution in [0.25, 0.3) is 0 Å². The number of aliphatic hydroxyl groups excluding tert-OH is 1. The zero-order valence-corrected chi connectivity index (χ0v) is 12.8. The molecule has 1 atom stereocenters. The normalized spacial score (nSPS) is 18.6. The van der Waals surface area contributed by atoms with Crippen LogP contribution in [0.2, 0.25) is 0 Å². The third-order valence-electron chi connectivity index (χ3n) is 4.51. The van der Waals surface area contributed by atoms with E-state index in [0.717, 1.165) is 5.69 Å². The van der Waals surface area contributed by atoms with Gasteiger partial charge in [0.25, 0.3) is 0 Å². The molecule has 0 bridgehead atoms. The summed E-state index contributed by atoms with van der Waals surface area (Å²) in [5.41, 5.74) is 2.32. The fourth-order valence-electron chi connectivity index (χ4n) is 3.16. The second-order valence-electron chi connectivity index (χ2n) is 6.09. The molecular formula is C17H26FNO. The number of nitrogens with zero attached hydrogens (tertiary/aromatic N) is 1. The molecule has 1 aromatic rings. The van der Waals surface area contributed by atoms with E-state index in [1.165, 1.54) is 44.6 Å². The Morgan fingerprint density at radius 1 is 1.20 bits per heavy atom. The van der Waals surface area contributed by atoms with E-state index in [2.05, 4.69) is 11.9 Å². The highest BCUT2D eigenvalue weighted by molar-refractivity contribution is 5.57. The first-order valence-electron chi connectivity index (χ1n) is 7.71. The third-order valence-corrected chi connectivity index (χ3v) is 4.51. The fourth-order valence-corrected chi connectivity index (χ4v) is 3.16. The van der Waals surface area contributed by atoms with Crippen molar-refractivity contribution in [3.05, 3.63) is 29.1 Å².